The molecule has 0 aliphatic carbocycles. The van der Waals surface area contributed by atoms with E-state index in [-0.39, 0.29) is 25.7 Å². The first-order chi connectivity index (χ1) is 9.54. The van der Waals surface area contributed by atoms with Crippen LogP contribution in [0.1, 0.15) is 38.5 Å². The largest absolute Gasteiger partial charge is 0.393 e. The number of esters is 4. The van der Waals surface area contributed by atoms with Crippen molar-refractivity contribution < 1.29 is 28.7 Å². The minimum atomic E-state index is -0.589. The molecule has 6 heteroatoms. The highest BCUT2D eigenvalue weighted by atomic mass is 16.6. The Morgan fingerprint density at radius 1 is 0.600 bits per heavy atom. The number of carbonyl (C=O) groups excluding carboxylic acids is 4. The first kappa shape index (κ1) is 14.2. The smallest absolute Gasteiger partial charge is 0.317 e. The van der Waals surface area contributed by atoms with E-state index in [1.54, 1.807) is 12.2 Å². The molecule has 2 aliphatic rings. The predicted octanol–water partition coefficient (Wildman–Crippen LogP) is 1.35. The number of cyclic esters (lactones) is 4. The molecule has 0 saturated carbocycles. The van der Waals surface area contributed by atoms with Crippen LogP contribution < -0.4 is 0 Å². The van der Waals surface area contributed by atoms with Crippen molar-refractivity contribution in [2.24, 2.45) is 0 Å². The number of hydrogen-bond donors (Lipinski definition) is 0. The van der Waals surface area contributed by atoms with Crippen molar-refractivity contribution in [3.63, 3.8) is 0 Å². The quantitative estimate of drug-likeness (QED) is 0.531. The third-order valence-electron chi connectivity index (χ3n) is 3.09. The van der Waals surface area contributed by atoms with E-state index < -0.39 is 23.9 Å². The molecule has 0 saturated heterocycles. The monoisotopic (exact) mass is 278 g/mol. The van der Waals surface area contributed by atoms with Crippen molar-refractivity contribution in [3.05, 3.63) is 23.3 Å². The molecule has 106 valence electrons. The summed E-state index contributed by atoms with van der Waals surface area (Å²) in [5.41, 5.74) is 1.63. The molecule has 0 unspecified atom stereocenters. The summed E-state index contributed by atoms with van der Waals surface area (Å²) in [7, 11) is 0. The van der Waals surface area contributed by atoms with E-state index in [0.29, 0.717) is 12.8 Å². The Kier molecular flexibility index (Phi) is 4.45. The Morgan fingerprint density at radius 2 is 1.00 bits per heavy atom. The summed E-state index contributed by atoms with van der Waals surface area (Å²) in [6, 6.07) is 0. The summed E-state index contributed by atoms with van der Waals surface area (Å²) in [6.07, 6.45) is 4.48. The first-order valence-electron chi connectivity index (χ1n) is 6.40. The molecule has 0 amide bonds. The van der Waals surface area contributed by atoms with Crippen LogP contribution in [0.4, 0.5) is 0 Å². The van der Waals surface area contributed by atoms with Gasteiger partial charge in [0.1, 0.15) is 0 Å². The van der Waals surface area contributed by atoms with Crippen LogP contribution in [0.5, 0.6) is 0 Å². The van der Waals surface area contributed by atoms with Crippen LogP contribution in [0.2, 0.25) is 0 Å². The van der Waals surface area contributed by atoms with Gasteiger partial charge >= 0.3 is 23.9 Å². The van der Waals surface area contributed by atoms with Crippen molar-refractivity contribution in [2.75, 3.05) is 0 Å². The summed E-state index contributed by atoms with van der Waals surface area (Å²) in [5, 5.41) is 0. The standard InChI is InChI=1S/C14H14O6/c15-11-5-1-9(2-6-12(16)19-11)10-3-7-13(17)20-14(18)8-4-10/h1,3H,2,4-8H2/b9-1+,10-3+. The van der Waals surface area contributed by atoms with Gasteiger partial charge in [-0.1, -0.05) is 12.2 Å². The van der Waals surface area contributed by atoms with Crippen LogP contribution in [-0.4, -0.2) is 23.9 Å². The Morgan fingerprint density at radius 3 is 1.40 bits per heavy atom. The molecule has 0 spiro atoms. The lowest BCUT2D eigenvalue weighted by molar-refractivity contribution is -0.161. The SMILES string of the molecule is O=C1C/C=C(/C2=C/CC(=O)OC(=O)CC2)CCC(=O)O1. The first-order valence-corrected chi connectivity index (χ1v) is 6.40. The molecule has 0 aromatic rings. The molecule has 2 heterocycles. The van der Waals surface area contributed by atoms with E-state index >= 15 is 0 Å². The Hall–Kier alpha value is -2.24. The van der Waals surface area contributed by atoms with Crippen LogP contribution in [-0.2, 0) is 28.7 Å². The van der Waals surface area contributed by atoms with Gasteiger partial charge in [0.2, 0.25) is 0 Å². The van der Waals surface area contributed by atoms with E-state index in [2.05, 4.69) is 9.47 Å². The van der Waals surface area contributed by atoms with E-state index in [1.807, 2.05) is 0 Å². The summed E-state index contributed by atoms with van der Waals surface area (Å²) in [6.45, 7) is 0. The van der Waals surface area contributed by atoms with Gasteiger partial charge in [-0.2, -0.15) is 0 Å². The van der Waals surface area contributed by atoms with E-state index in [9.17, 15) is 19.2 Å². The van der Waals surface area contributed by atoms with Gasteiger partial charge < -0.3 is 9.47 Å². The second-order valence-corrected chi connectivity index (χ2v) is 4.56. The highest BCUT2D eigenvalue weighted by Gasteiger charge is 2.20. The maximum atomic E-state index is 11.3. The van der Waals surface area contributed by atoms with Crippen molar-refractivity contribution in [3.8, 4) is 0 Å². The van der Waals surface area contributed by atoms with Gasteiger partial charge in [0.05, 0.1) is 25.7 Å². The molecule has 20 heavy (non-hydrogen) atoms. The second kappa shape index (κ2) is 6.27. The number of rotatable bonds is 1. The van der Waals surface area contributed by atoms with Gasteiger partial charge in [0.25, 0.3) is 0 Å². The Labute approximate surface area is 115 Å². The van der Waals surface area contributed by atoms with Crippen LogP contribution in [0, 0.1) is 0 Å². The van der Waals surface area contributed by atoms with Crippen LogP contribution in [0.15, 0.2) is 23.3 Å². The molecule has 0 bridgehead atoms. The summed E-state index contributed by atoms with van der Waals surface area (Å²) < 4.78 is 9.07. The fourth-order valence-corrected chi connectivity index (χ4v) is 2.11. The molecule has 2 aliphatic heterocycles. The maximum Gasteiger partial charge on any atom is 0.317 e. The summed E-state index contributed by atoms with van der Waals surface area (Å²) in [5.74, 6) is -2.28. The number of ether oxygens (including phenoxy) is 2. The van der Waals surface area contributed by atoms with Crippen LogP contribution >= 0.6 is 0 Å². The maximum absolute atomic E-state index is 11.3. The lowest BCUT2D eigenvalue weighted by Gasteiger charge is -2.16. The molecular weight excluding hydrogens is 264 g/mol. The van der Waals surface area contributed by atoms with Crippen molar-refractivity contribution in [2.45, 2.75) is 38.5 Å². The van der Waals surface area contributed by atoms with E-state index in [4.69, 9.17) is 0 Å². The van der Waals surface area contributed by atoms with Gasteiger partial charge in [0, 0.05) is 0 Å². The topological polar surface area (TPSA) is 86.7 Å². The van der Waals surface area contributed by atoms with Crippen molar-refractivity contribution in [1.82, 2.24) is 0 Å². The van der Waals surface area contributed by atoms with Gasteiger partial charge in [-0.15, -0.1) is 0 Å². The Bertz CT molecular complexity index is 478. The third kappa shape index (κ3) is 3.88. The lowest BCUT2D eigenvalue weighted by atomic mass is 9.94. The number of hydrogen-bond acceptors (Lipinski definition) is 6. The average Bonchev–Trinajstić information content (AvgIpc) is 2.36. The van der Waals surface area contributed by atoms with Crippen molar-refractivity contribution in [1.29, 1.82) is 0 Å². The second-order valence-electron chi connectivity index (χ2n) is 4.56. The summed E-state index contributed by atoms with van der Waals surface area (Å²) >= 11 is 0. The number of carbonyl (C=O) groups is 4. The average molecular weight is 278 g/mol. The van der Waals surface area contributed by atoms with Crippen LogP contribution in [0.25, 0.3) is 0 Å². The zero-order chi connectivity index (χ0) is 14.5. The Balaban J connectivity index is 2.18. The molecule has 6 nitrogen and oxygen atoms in total. The minimum absolute atomic E-state index is 0.0107. The lowest BCUT2D eigenvalue weighted by Crippen LogP contribution is -2.16. The molecule has 2 rings (SSSR count). The molecule has 0 N–H and O–H groups in total. The van der Waals surface area contributed by atoms with Crippen molar-refractivity contribution >= 4 is 23.9 Å². The summed E-state index contributed by atoms with van der Waals surface area (Å²) in [4.78, 5) is 45.1. The molecule has 0 radical (unpaired) electrons. The zero-order valence-electron chi connectivity index (χ0n) is 10.8. The normalized spacial score (nSPS) is 26.8. The van der Waals surface area contributed by atoms with Crippen LogP contribution in [0.3, 0.4) is 0 Å². The fraction of sp³-hybridized carbons (Fsp3) is 0.429. The predicted molar refractivity (Wildman–Crippen MR) is 66.1 cm³/mol. The molecule has 0 atom stereocenters. The highest BCUT2D eigenvalue weighted by molar-refractivity contribution is 5.88. The van der Waals surface area contributed by atoms with E-state index in [1.165, 1.54) is 0 Å². The number of allylic oxidation sites excluding steroid dienone is 2. The fourth-order valence-electron chi connectivity index (χ4n) is 2.11. The van der Waals surface area contributed by atoms with E-state index in [0.717, 1.165) is 11.1 Å². The molecule has 0 aromatic heterocycles. The third-order valence-corrected chi connectivity index (χ3v) is 3.09. The molecule has 0 fully saturated rings. The highest BCUT2D eigenvalue weighted by Crippen LogP contribution is 2.25. The molecular formula is C14H14O6. The van der Waals surface area contributed by atoms with Gasteiger partial charge in [-0.25, -0.2) is 0 Å². The van der Waals surface area contributed by atoms with Gasteiger partial charge in [-0.3, -0.25) is 19.2 Å². The van der Waals surface area contributed by atoms with Gasteiger partial charge in [0.15, 0.2) is 0 Å². The molecule has 0 aromatic carbocycles. The zero-order valence-corrected chi connectivity index (χ0v) is 10.8. The minimum Gasteiger partial charge on any atom is -0.393 e. The van der Waals surface area contributed by atoms with Gasteiger partial charge in [-0.05, 0) is 24.0 Å².